The van der Waals surface area contributed by atoms with Crippen LogP contribution in [0.4, 0.5) is 0 Å². The fraction of sp³-hybridized carbons (Fsp3) is 0.375. The van der Waals surface area contributed by atoms with Crippen LogP contribution in [0.2, 0.25) is 0 Å². The third-order valence-electron chi connectivity index (χ3n) is 1.23. The highest BCUT2D eigenvalue weighted by molar-refractivity contribution is 5.94. The summed E-state index contributed by atoms with van der Waals surface area (Å²) in [6.45, 7) is 6.11. The van der Waals surface area contributed by atoms with Gasteiger partial charge in [-0.2, -0.15) is 0 Å². The molecular formula is C8H11N+. The molecule has 1 nitrogen and oxygen atoms in total. The van der Waals surface area contributed by atoms with Crippen molar-refractivity contribution < 1.29 is 0 Å². The van der Waals surface area contributed by atoms with Crippen LogP contribution in [0.5, 0.6) is 0 Å². The van der Waals surface area contributed by atoms with Crippen LogP contribution in [0, 0.1) is 0 Å². The van der Waals surface area contributed by atoms with E-state index in [1.165, 1.54) is 5.57 Å². The molecule has 0 aromatic heterocycles. The van der Waals surface area contributed by atoms with Crippen LogP contribution in [0.3, 0.4) is 0 Å². The molecule has 0 fully saturated rings. The van der Waals surface area contributed by atoms with E-state index in [4.69, 9.17) is 0 Å². The Hall–Kier alpha value is -0.850. The van der Waals surface area contributed by atoms with E-state index in [2.05, 4.69) is 24.1 Å². The molecule has 0 spiro atoms. The molecule has 1 aliphatic rings. The first-order valence-electron chi connectivity index (χ1n) is 3.10. The van der Waals surface area contributed by atoms with E-state index in [-0.39, 0.29) is 0 Å². The molecule has 0 saturated carbocycles. The van der Waals surface area contributed by atoms with Gasteiger partial charge in [0.15, 0.2) is 0 Å². The summed E-state index contributed by atoms with van der Waals surface area (Å²) < 4.78 is 0. The molecule has 0 N–H and O–H groups in total. The van der Waals surface area contributed by atoms with Crippen LogP contribution in [-0.2, 0) is 0 Å². The van der Waals surface area contributed by atoms with Crippen molar-refractivity contribution >= 4 is 5.71 Å². The lowest BCUT2D eigenvalue weighted by atomic mass is 10.1. The highest BCUT2D eigenvalue weighted by Crippen LogP contribution is 2.03. The van der Waals surface area contributed by atoms with Gasteiger partial charge in [-0.15, -0.1) is 0 Å². The molecule has 47 valence electrons. The van der Waals surface area contributed by atoms with Crippen molar-refractivity contribution in [3.8, 4) is 0 Å². The summed E-state index contributed by atoms with van der Waals surface area (Å²) in [5, 5.41) is 0. The minimum Gasteiger partial charge on any atom is -0.0393 e. The number of aliphatic imine (C=N–C) groups is 1. The van der Waals surface area contributed by atoms with Crippen LogP contribution in [0.15, 0.2) is 23.4 Å². The highest BCUT2D eigenvalue weighted by atomic mass is 14.7. The predicted molar refractivity (Wildman–Crippen MR) is 40.3 cm³/mol. The number of hydrogen-bond acceptors (Lipinski definition) is 1. The van der Waals surface area contributed by atoms with Crippen molar-refractivity contribution in [1.29, 1.82) is 0 Å². The largest absolute Gasteiger partial charge is 0.251 e. The van der Waals surface area contributed by atoms with E-state index in [1.54, 1.807) is 0 Å². The molecular weight excluding hydrogens is 110 g/mol. The molecule has 0 unspecified atom stereocenters. The molecule has 9 heavy (non-hydrogen) atoms. The molecule has 1 rings (SSSR count). The Morgan fingerprint density at radius 2 is 1.78 bits per heavy atom. The number of rotatable bonds is 0. The minimum absolute atomic E-state index is 1.10. The van der Waals surface area contributed by atoms with Gasteiger partial charge in [0.2, 0.25) is 0 Å². The highest BCUT2D eigenvalue weighted by Gasteiger charge is 2.08. The van der Waals surface area contributed by atoms with Crippen molar-refractivity contribution in [3.63, 3.8) is 0 Å². The van der Waals surface area contributed by atoms with Crippen LogP contribution in [-0.4, -0.2) is 5.71 Å². The first kappa shape index (κ1) is 6.27. The van der Waals surface area contributed by atoms with Gasteiger partial charge in [0, 0.05) is 26.0 Å². The molecule has 0 atom stereocenters. The predicted octanol–water partition coefficient (Wildman–Crippen LogP) is 1.65. The zero-order valence-electron chi connectivity index (χ0n) is 6.10. The Kier molecular flexibility index (Phi) is 1.52. The second kappa shape index (κ2) is 2.18. The van der Waals surface area contributed by atoms with Gasteiger partial charge >= 0.3 is 0 Å². The van der Waals surface area contributed by atoms with Gasteiger partial charge in [-0.25, -0.2) is 0 Å². The first-order chi connectivity index (χ1) is 4.18. The summed E-state index contributed by atoms with van der Waals surface area (Å²) >= 11 is 0. The molecule has 0 saturated heterocycles. The fourth-order valence-corrected chi connectivity index (χ4v) is 1.04. The van der Waals surface area contributed by atoms with Crippen molar-refractivity contribution in [3.05, 3.63) is 23.4 Å². The maximum atomic E-state index is 4.23. The summed E-state index contributed by atoms with van der Waals surface area (Å²) in [5.41, 5.74) is 3.50. The van der Waals surface area contributed by atoms with Gasteiger partial charge in [0.1, 0.15) is 0 Å². The van der Waals surface area contributed by atoms with Gasteiger partial charge in [-0.1, -0.05) is 0 Å². The molecule has 1 heteroatoms. The second-order valence-corrected chi connectivity index (χ2v) is 2.43. The van der Waals surface area contributed by atoms with Gasteiger partial charge in [0.25, 0.3) is 11.4 Å². The van der Waals surface area contributed by atoms with Crippen LogP contribution >= 0.6 is 0 Å². The van der Waals surface area contributed by atoms with Gasteiger partial charge in [0.05, 0.1) is 4.99 Å². The molecule has 1 aliphatic heterocycles. The third-order valence-corrected chi connectivity index (χ3v) is 1.23. The van der Waals surface area contributed by atoms with Crippen molar-refractivity contribution in [1.82, 2.24) is 4.99 Å². The molecule has 0 amide bonds. The average Bonchev–Trinajstić information content (AvgIpc) is 1.59. The zero-order chi connectivity index (χ0) is 6.85. The third kappa shape index (κ3) is 1.53. The summed E-state index contributed by atoms with van der Waals surface area (Å²) in [6.07, 6.45) is 4.15. The lowest BCUT2D eigenvalue weighted by Gasteiger charge is -1.90. The van der Waals surface area contributed by atoms with E-state index in [1.807, 2.05) is 13.8 Å². The number of hydrogen-bond donors (Lipinski definition) is 0. The summed E-state index contributed by atoms with van der Waals surface area (Å²) in [5.74, 6) is 0. The smallest absolute Gasteiger partial charge is 0.0393 e. The molecule has 0 bridgehead atoms. The van der Waals surface area contributed by atoms with E-state index >= 15 is 0 Å². The Balaban J connectivity index is 2.98. The van der Waals surface area contributed by atoms with Crippen molar-refractivity contribution in [2.45, 2.75) is 20.8 Å². The quantitative estimate of drug-likeness (QED) is 0.462. The van der Waals surface area contributed by atoms with Gasteiger partial charge < -0.3 is 0 Å². The fourth-order valence-electron chi connectivity index (χ4n) is 1.04. The minimum atomic E-state index is 1.10. The van der Waals surface area contributed by atoms with Crippen LogP contribution in [0.1, 0.15) is 20.8 Å². The molecule has 0 aliphatic carbocycles. The zero-order valence-corrected chi connectivity index (χ0v) is 6.10. The van der Waals surface area contributed by atoms with E-state index in [0.717, 1.165) is 11.4 Å². The monoisotopic (exact) mass is 121 g/mol. The molecule has 0 aromatic rings. The Bertz CT molecular complexity index is 160. The van der Waals surface area contributed by atoms with Crippen molar-refractivity contribution in [2.24, 2.45) is 0 Å². The SMILES string of the molecule is CC1=CC(C)=[N+]C(C)=C1. The van der Waals surface area contributed by atoms with E-state index in [0.29, 0.717) is 0 Å². The molecule has 1 heterocycles. The van der Waals surface area contributed by atoms with Gasteiger partial charge in [-0.05, 0) is 12.5 Å². The molecule has 0 aromatic carbocycles. The maximum absolute atomic E-state index is 4.23. The maximum Gasteiger partial charge on any atom is 0.251 e. The van der Waals surface area contributed by atoms with Crippen LogP contribution < -0.4 is 4.99 Å². The first-order valence-corrected chi connectivity index (χ1v) is 3.10. The Labute approximate surface area is 55.8 Å². The Morgan fingerprint density at radius 1 is 1.11 bits per heavy atom. The second-order valence-electron chi connectivity index (χ2n) is 2.43. The standard InChI is InChI=1S/C8H11N/c1-6-4-7(2)9-8(3)5-6/h4-5H,1-3H3/q+1. The summed E-state index contributed by atoms with van der Waals surface area (Å²) in [6, 6.07) is 0. The Morgan fingerprint density at radius 3 is 2.22 bits per heavy atom. The average molecular weight is 121 g/mol. The van der Waals surface area contributed by atoms with E-state index < -0.39 is 0 Å². The van der Waals surface area contributed by atoms with Crippen molar-refractivity contribution in [2.75, 3.05) is 0 Å². The topological polar surface area (TPSA) is 14.1 Å². The summed E-state index contributed by atoms with van der Waals surface area (Å²) in [4.78, 5) is 4.23. The number of nitrogens with zero attached hydrogens (tertiary/aromatic N) is 1. The molecule has 1 radical (unpaired) electrons. The lowest BCUT2D eigenvalue weighted by molar-refractivity contribution is 1.15. The lowest BCUT2D eigenvalue weighted by Crippen LogP contribution is -2.03. The van der Waals surface area contributed by atoms with Crippen LogP contribution in [0.25, 0.3) is 0 Å². The summed E-state index contributed by atoms with van der Waals surface area (Å²) in [7, 11) is 0. The normalized spacial score (nSPS) is 18.3. The number of allylic oxidation sites excluding steroid dienone is 4. The van der Waals surface area contributed by atoms with Gasteiger partial charge in [-0.3, -0.25) is 0 Å². The van der Waals surface area contributed by atoms with E-state index in [9.17, 15) is 0 Å².